The maximum absolute atomic E-state index is 3.32. The van der Waals surface area contributed by atoms with Crippen LogP contribution in [0.3, 0.4) is 0 Å². The van der Waals surface area contributed by atoms with Gasteiger partial charge in [0, 0.05) is 18.6 Å². The van der Waals surface area contributed by atoms with Crippen molar-refractivity contribution >= 4 is 0 Å². The maximum atomic E-state index is 3.32. The van der Waals surface area contributed by atoms with Crippen LogP contribution in [0.4, 0.5) is 0 Å². The number of hydrogen-bond donors (Lipinski definition) is 1. The monoisotopic (exact) mass is 267 g/mol. The van der Waals surface area contributed by atoms with E-state index in [1.807, 2.05) is 0 Å². The van der Waals surface area contributed by atoms with Crippen LogP contribution < -0.4 is 5.32 Å². The number of likely N-dealkylation sites (N-methyl/N-ethyl adjacent to an activating group) is 1. The first-order chi connectivity index (χ1) is 9.31. The average molecular weight is 267 g/mol. The predicted molar refractivity (Wildman–Crippen MR) is 82.6 cm³/mol. The molecule has 0 aromatic rings. The lowest BCUT2D eigenvalue weighted by molar-refractivity contribution is 0.148. The number of hydrogen-bond acceptors (Lipinski definition) is 3. The molecule has 0 aromatic carbocycles. The highest BCUT2D eigenvalue weighted by atomic mass is 15.2. The molecule has 2 rings (SSSR count). The second kappa shape index (κ2) is 8.23. The van der Waals surface area contributed by atoms with Crippen LogP contribution >= 0.6 is 0 Å². The molecule has 0 aromatic heterocycles. The third-order valence-corrected chi connectivity index (χ3v) is 5.09. The fraction of sp³-hybridized carbons (Fsp3) is 1.00. The topological polar surface area (TPSA) is 18.5 Å². The fourth-order valence-electron chi connectivity index (χ4n) is 3.78. The Hall–Kier alpha value is -0.120. The van der Waals surface area contributed by atoms with Gasteiger partial charge in [0.05, 0.1) is 0 Å². The van der Waals surface area contributed by atoms with E-state index in [0.717, 1.165) is 18.6 Å². The Morgan fingerprint density at radius 1 is 1.00 bits per heavy atom. The van der Waals surface area contributed by atoms with Crippen LogP contribution in [0.15, 0.2) is 0 Å². The molecular weight excluding hydrogens is 234 g/mol. The summed E-state index contributed by atoms with van der Waals surface area (Å²) in [6.07, 6.45) is 11.4. The normalized spacial score (nSPS) is 29.1. The molecule has 1 aliphatic heterocycles. The van der Waals surface area contributed by atoms with Crippen LogP contribution in [0.2, 0.25) is 0 Å². The van der Waals surface area contributed by atoms with Crippen LogP contribution in [-0.2, 0) is 0 Å². The Kier molecular flexibility index (Phi) is 6.62. The van der Waals surface area contributed by atoms with Gasteiger partial charge in [0.15, 0.2) is 0 Å². The molecule has 2 fully saturated rings. The van der Waals surface area contributed by atoms with Gasteiger partial charge in [-0.1, -0.05) is 25.7 Å². The molecule has 1 saturated carbocycles. The molecule has 3 nitrogen and oxygen atoms in total. The second-order valence-corrected chi connectivity index (χ2v) is 6.52. The summed E-state index contributed by atoms with van der Waals surface area (Å²) in [5, 5.41) is 3.32. The SMILES string of the molecule is CNCCC1CN(C2CCCCCC2)CCCN1C. The number of nitrogens with zero attached hydrogens (tertiary/aromatic N) is 2. The minimum atomic E-state index is 0.748. The maximum Gasteiger partial charge on any atom is 0.0232 e. The van der Waals surface area contributed by atoms with E-state index < -0.39 is 0 Å². The first-order valence-electron chi connectivity index (χ1n) is 8.40. The van der Waals surface area contributed by atoms with E-state index in [4.69, 9.17) is 0 Å². The Bertz CT molecular complexity index is 236. The minimum Gasteiger partial charge on any atom is -0.320 e. The summed E-state index contributed by atoms with van der Waals surface area (Å²) in [5.41, 5.74) is 0. The molecule has 1 aliphatic carbocycles. The molecule has 1 unspecified atom stereocenters. The highest BCUT2D eigenvalue weighted by molar-refractivity contribution is 4.83. The summed E-state index contributed by atoms with van der Waals surface area (Å²) in [7, 11) is 4.39. The molecule has 0 amide bonds. The summed E-state index contributed by atoms with van der Waals surface area (Å²) >= 11 is 0. The average Bonchev–Trinajstić information content (AvgIpc) is 2.77. The smallest absolute Gasteiger partial charge is 0.0232 e. The standard InChI is InChI=1S/C16H33N3/c1-17-11-10-16-14-19(13-7-12-18(16)2)15-8-5-3-4-6-9-15/h15-17H,3-14H2,1-2H3. The zero-order valence-electron chi connectivity index (χ0n) is 13.0. The molecule has 1 N–H and O–H groups in total. The van der Waals surface area contributed by atoms with Gasteiger partial charge in [-0.2, -0.15) is 0 Å². The Balaban J connectivity index is 1.91. The van der Waals surface area contributed by atoms with Crippen molar-refractivity contribution in [3.05, 3.63) is 0 Å². The van der Waals surface area contributed by atoms with Crippen LogP contribution in [-0.4, -0.2) is 62.2 Å². The molecule has 1 saturated heterocycles. The lowest BCUT2D eigenvalue weighted by atomic mass is 10.1. The molecule has 2 aliphatic rings. The van der Waals surface area contributed by atoms with E-state index in [1.54, 1.807) is 0 Å². The van der Waals surface area contributed by atoms with E-state index >= 15 is 0 Å². The van der Waals surface area contributed by atoms with E-state index in [9.17, 15) is 0 Å². The highest BCUT2D eigenvalue weighted by Crippen LogP contribution is 2.24. The van der Waals surface area contributed by atoms with E-state index in [1.165, 1.54) is 71.0 Å². The van der Waals surface area contributed by atoms with Gasteiger partial charge in [-0.05, 0) is 59.4 Å². The van der Waals surface area contributed by atoms with Gasteiger partial charge < -0.3 is 10.2 Å². The van der Waals surface area contributed by atoms with Crippen molar-refractivity contribution in [3.63, 3.8) is 0 Å². The third kappa shape index (κ3) is 4.73. The van der Waals surface area contributed by atoms with Crippen LogP contribution in [0.25, 0.3) is 0 Å². The third-order valence-electron chi connectivity index (χ3n) is 5.09. The molecule has 112 valence electrons. The summed E-state index contributed by atoms with van der Waals surface area (Å²) in [6.45, 7) is 5.04. The molecule has 19 heavy (non-hydrogen) atoms. The zero-order valence-corrected chi connectivity index (χ0v) is 13.0. The number of rotatable bonds is 4. The first kappa shape index (κ1) is 15.3. The lowest BCUT2D eigenvalue weighted by Gasteiger charge is -2.34. The van der Waals surface area contributed by atoms with Crippen molar-refractivity contribution in [2.75, 3.05) is 40.3 Å². The summed E-state index contributed by atoms with van der Waals surface area (Å²) in [5.74, 6) is 0. The predicted octanol–water partition coefficient (Wildman–Crippen LogP) is 2.32. The Morgan fingerprint density at radius 2 is 1.74 bits per heavy atom. The molecule has 0 spiro atoms. The fourth-order valence-corrected chi connectivity index (χ4v) is 3.78. The summed E-state index contributed by atoms with van der Waals surface area (Å²) in [4.78, 5) is 5.42. The van der Waals surface area contributed by atoms with Gasteiger partial charge in [-0.25, -0.2) is 0 Å². The van der Waals surface area contributed by atoms with Crippen LogP contribution in [0, 0.1) is 0 Å². The van der Waals surface area contributed by atoms with Crippen LogP contribution in [0.5, 0.6) is 0 Å². The molecule has 1 heterocycles. The van der Waals surface area contributed by atoms with Crippen molar-refractivity contribution in [3.8, 4) is 0 Å². The molecule has 3 heteroatoms. The summed E-state index contributed by atoms with van der Waals surface area (Å²) in [6, 6.07) is 1.63. The largest absolute Gasteiger partial charge is 0.320 e. The molecule has 1 atom stereocenters. The molecule has 0 bridgehead atoms. The second-order valence-electron chi connectivity index (χ2n) is 6.52. The zero-order chi connectivity index (χ0) is 13.5. The van der Waals surface area contributed by atoms with Gasteiger partial charge >= 0.3 is 0 Å². The lowest BCUT2D eigenvalue weighted by Crippen LogP contribution is -2.44. The van der Waals surface area contributed by atoms with Gasteiger partial charge in [0.1, 0.15) is 0 Å². The van der Waals surface area contributed by atoms with Crippen LogP contribution in [0.1, 0.15) is 51.4 Å². The highest BCUT2D eigenvalue weighted by Gasteiger charge is 2.27. The van der Waals surface area contributed by atoms with Gasteiger partial charge in [0.25, 0.3) is 0 Å². The van der Waals surface area contributed by atoms with Crippen molar-refractivity contribution in [1.82, 2.24) is 15.1 Å². The molecular formula is C16H33N3. The van der Waals surface area contributed by atoms with Crippen molar-refractivity contribution in [2.24, 2.45) is 0 Å². The first-order valence-corrected chi connectivity index (χ1v) is 8.40. The van der Waals surface area contributed by atoms with E-state index in [2.05, 4.69) is 29.2 Å². The van der Waals surface area contributed by atoms with E-state index in [0.29, 0.717) is 0 Å². The minimum absolute atomic E-state index is 0.748. The number of nitrogens with one attached hydrogen (secondary N) is 1. The van der Waals surface area contributed by atoms with E-state index in [-0.39, 0.29) is 0 Å². The molecule has 0 radical (unpaired) electrons. The van der Waals surface area contributed by atoms with Gasteiger partial charge in [0.2, 0.25) is 0 Å². The van der Waals surface area contributed by atoms with Gasteiger partial charge in [-0.15, -0.1) is 0 Å². The van der Waals surface area contributed by atoms with Crippen molar-refractivity contribution < 1.29 is 0 Å². The quantitative estimate of drug-likeness (QED) is 0.789. The van der Waals surface area contributed by atoms with Gasteiger partial charge in [-0.3, -0.25) is 4.90 Å². The van der Waals surface area contributed by atoms with Crippen molar-refractivity contribution in [1.29, 1.82) is 0 Å². The Morgan fingerprint density at radius 3 is 2.42 bits per heavy atom. The summed E-state index contributed by atoms with van der Waals surface area (Å²) < 4.78 is 0. The van der Waals surface area contributed by atoms with Crippen molar-refractivity contribution in [2.45, 2.75) is 63.5 Å². The Labute approximate surface area is 119 Å².